The standard InChI is InChI=1S/C13H11F2NO3/c1-6(13(18)19-2)8-5-10(17)16-12-7(8)3-4-9(14)11(12)15/h3-6H,1-2H3,(H,16,17). The molecular weight excluding hydrogens is 256 g/mol. The lowest BCUT2D eigenvalue weighted by molar-refractivity contribution is -0.141. The highest BCUT2D eigenvalue weighted by Crippen LogP contribution is 2.26. The second kappa shape index (κ2) is 4.79. The quantitative estimate of drug-likeness (QED) is 0.847. The number of pyridine rings is 1. The van der Waals surface area contributed by atoms with E-state index in [0.717, 1.165) is 6.07 Å². The van der Waals surface area contributed by atoms with Crippen LogP contribution in [0, 0.1) is 11.6 Å². The van der Waals surface area contributed by atoms with Crippen molar-refractivity contribution in [2.24, 2.45) is 0 Å². The molecule has 0 aliphatic carbocycles. The lowest BCUT2D eigenvalue weighted by Gasteiger charge is -2.12. The van der Waals surface area contributed by atoms with Crippen LogP contribution in [0.25, 0.3) is 10.9 Å². The van der Waals surface area contributed by atoms with Gasteiger partial charge in [0.15, 0.2) is 11.6 Å². The Hall–Kier alpha value is -2.24. The van der Waals surface area contributed by atoms with Crippen molar-refractivity contribution in [3.8, 4) is 0 Å². The molecule has 2 rings (SSSR count). The van der Waals surface area contributed by atoms with Crippen LogP contribution in [-0.4, -0.2) is 18.1 Å². The van der Waals surface area contributed by atoms with Crippen LogP contribution in [0.5, 0.6) is 0 Å². The van der Waals surface area contributed by atoms with E-state index in [0.29, 0.717) is 5.56 Å². The van der Waals surface area contributed by atoms with Crippen molar-refractivity contribution < 1.29 is 18.3 Å². The van der Waals surface area contributed by atoms with Crippen molar-refractivity contribution in [1.29, 1.82) is 0 Å². The largest absolute Gasteiger partial charge is 0.469 e. The summed E-state index contributed by atoms with van der Waals surface area (Å²) in [6, 6.07) is 3.45. The first kappa shape index (κ1) is 13.2. The Bertz CT molecular complexity index is 709. The van der Waals surface area contributed by atoms with Crippen LogP contribution >= 0.6 is 0 Å². The molecule has 1 aromatic carbocycles. The number of carbonyl (C=O) groups is 1. The molecule has 1 heterocycles. The summed E-state index contributed by atoms with van der Waals surface area (Å²) in [6.45, 7) is 1.53. The lowest BCUT2D eigenvalue weighted by atomic mass is 9.97. The van der Waals surface area contributed by atoms with Crippen molar-refractivity contribution in [2.75, 3.05) is 7.11 Å². The van der Waals surface area contributed by atoms with Gasteiger partial charge in [-0.05, 0) is 24.6 Å². The van der Waals surface area contributed by atoms with Crippen molar-refractivity contribution in [1.82, 2.24) is 4.98 Å². The SMILES string of the molecule is COC(=O)C(C)c1cc(=O)[nH]c2c(F)c(F)ccc12. The molecule has 0 spiro atoms. The molecule has 0 fully saturated rings. The van der Waals surface area contributed by atoms with Crippen LogP contribution in [0.2, 0.25) is 0 Å². The molecule has 0 aliphatic rings. The van der Waals surface area contributed by atoms with Crippen LogP contribution in [0.3, 0.4) is 0 Å². The first-order valence-electron chi connectivity index (χ1n) is 5.54. The number of nitrogens with one attached hydrogen (secondary N) is 1. The molecule has 4 nitrogen and oxygen atoms in total. The maximum absolute atomic E-state index is 13.6. The van der Waals surface area contributed by atoms with Crippen LogP contribution < -0.4 is 5.56 Å². The molecule has 2 aromatic rings. The zero-order valence-electron chi connectivity index (χ0n) is 10.3. The summed E-state index contributed by atoms with van der Waals surface area (Å²) in [5, 5.41) is 0.274. The predicted octanol–water partition coefficient (Wildman–Crippen LogP) is 2.08. The van der Waals surface area contributed by atoms with Gasteiger partial charge < -0.3 is 9.72 Å². The number of hydrogen-bond donors (Lipinski definition) is 1. The molecule has 0 bridgehead atoms. The van der Waals surface area contributed by atoms with E-state index in [2.05, 4.69) is 9.72 Å². The van der Waals surface area contributed by atoms with Crippen molar-refractivity contribution in [3.63, 3.8) is 0 Å². The minimum atomic E-state index is -1.14. The van der Waals surface area contributed by atoms with Crippen LogP contribution in [-0.2, 0) is 9.53 Å². The number of ether oxygens (including phenoxy) is 1. The van der Waals surface area contributed by atoms with Gasteiger partial charge in [0.25, 0.3) is 0 Å². The number of aromatic amines is 1. The van der Waals surface area contributed by atoms with E-state index in [1.807, 2.05) is 0 Å². The van der Waals surface area contributed by atoms with Crippen LogP contribution in [0.1, 0.15) is 18.4 Å². The lowest BCUT2D eigenvalue weighted by Crippen LogP contribution is -2.16. The van der Waals surface area contributed by atoms with E-state index in [1.54, 1.807) is 0 Å². The third-order valence-electron chi connectivity index (χ3n) is 2.96. The Morgan fingerprint density at radius 2 is 2.05 bits per heavy atom. The normalized spacial score (nSPS) is 12.4. The number of H-pyrrole nitrogens is 1. The summed E-state index contributed by atoms with van der Waals surface area (Å²) >= 11 is 0. The maximum Gasteiger partial charge on any atom is 0.312 e. The second-order valence-corrected chi connectivity index (χ2v) is 4.12. The van der Waals surface area contributed by atoms with E-state index in [-0.39, 0.29) is 10.9 Å². The molecule has 1 N–H and O–H groups in total. The summed E-state index contributed by atoms with van der Waals surface area (Å²) in [4.78, 5) is 25.2. The average Bonchev–Trinajstić information content (AvgIpc) is 2.41. The highest BCUT2D eigenvalue weighted by atomic mass is 19.2. The number of aromatic nitrogens is 1. The van der Waals surface area contributed by atoms with E-state index < -0.39 is 29.1 Å². The zero-order valence-corrected chi connectivity index (χ0v) is 10.3. The van der Waals surface area contributed by atoms with Gasteiger partial charge in [-0.2, -0.15) is 0 Å². The highest BCUT2D eigenvalue weighted by Gasteiger charge is 2.21. The molecule has 0 amide bonds. The number of esters is 1. The molecule has 0 saturated heterocycles. The number of methoxy groups -OCH3 is 1. The number of hydrogen-bond acceptors (Lipinski definition) is 3. The zero-order chi connectivity index (χ0) is 14.2. The minimum absolute atomic E-state index is 0.252. The smallest absolute Gasteiger partial charge is 0.312 e. The van der Waals surface area contributed by atoms with Crippen molar-refractivity contribution in [3.05, 3.63) is 45.8 Å². The number of benzene rings is 1. The fourth-order valence-corrected chi connectivity index (χ4v) is 1.95. The predicted molar refractivity (Wildman–Crippen MR) is 64.9 cm³/mol. The molecule has 1 atom stereocenters. The number of fused-ring (bicyclic) bond motifs is 1. The third kappa shape index (κ3) is 2.21. The fraction of sp³-hybridized carbons (Fsp3) is 0.231. The molecule has 1 aromatic heterocycles. The van der Waals surface area contributed by atoms with Gasteiger partial charge in [-0.25, -0.2) is 8.78 Å². The first-order valence-corrected chi connectivity index (χ1v) is 5.54. The molecule has 0 radical (unpaired) electrons. The van der Waals surface area contributed by atoms with E-state index >= 15 is 0 Å². The number of halogens is 2. The minimum Gasteiger partial charge on any atom is -0.469 e. The van der Waals surface area contributed by atoms with Gasteiger partial charge in [-0.1, -0.05) is 0 Å². The molecule has 1 unspecified atom stereocenters. The van der Waals surface area contributed by atoms with Gasteiger partial charge in [0.2, 0.25) is 5.56 Å². The molecule has 6 heteroatoms. The fourth-order valence-electron chi connectivity index (χ4n) is 1.95. The summed E-state index contributed by atoms with van der Waals surface area (Å²) < 4.78 is 31.4. The first-order chi connectivity index (χ1) is 8.95. The molecular formula is C13H11F2NO3. The van der Waals surface area contributed by atoms with Gasteiger partial charge in [0, 0.05) is 11.5 Å². The summed E-state index contributed by atoms with van der Waals surface area (Å²) in [5.74, 6) is -3.52. The topological polar surface area (TPSA) is 59.2 Å². The average molecular weight is 267 g/mol. The van der Waals surface area contributed by atoms with E-state index in [4.69, 9.17) is 0 Å². The Kier molecular flexibility index (Phi) is 3.33. The van der Waals surface area contributed by atoms with Gasteiger partial charge in [0.1, 0.15) is 0 Å². The Balaban J connectivity index is 2.78. The summed E-state index contributed by atoms with van der Waals surface area (Å²) in [6.07, 6.45) is 0. The Morgan fingerprint density at radius 1 is 1.37 bits per heavy atom. The van der Waals surface area contributed by atoms with Crippen LogP contribution in [0.15, 0.2) is 23.0 Å². The van der Waals surface area contributed by atoms with Gasteiger partial charge >= 0.3 is 5.97 Å². The Morgan fingerprint density at radius 3 is 2.68 bits per heavy atom. The second-order valence-electron chi connectivity index (χ2n) is 4.12. The molecule has 19 heavy (non-hydrogen) atoms. The number of carbonyl (C=O) groups excluding carboxylic acids is 1. The molecule has 100 valence electrons. The summed E-state index contributed by atoms with van der Waals surface area (Å²) in [5.41, 5.74) is -0.564. The van der Waals surface area contributed by atoms with Crippen LogP contribution in [0.4, 0.5) is 8.78 Å². The Labute approximate surface area is 107 Å². The van der Waals surface area contributed by atoms with Gasteiger partial charge in [0.05, 0.1) is 18.5 Å². The molecule has 0 saturated carbocycles. The maximum atomic E-state index is 13.6. The third-order valence-corrected chi connectivity index (χ3v) is 2.96. The van der Waals surface area contributed by atoms with Gasteiger partial charge in [-0.15, -0.1) is 0 Å². The summed E-state index contributed by atoms with van der Waals surface area (Å²) in [7, 11) is 1.22. The number of rotatable bonds is 2. The highest BCUT2D eigenvalue weighted by molar-refractivity contribution is 5.89. The van der Waals surface area contributed by atoms with Crippen molar-refractivity contribution >= 4 is 16.9 Å². The van der Waals surface area contributed by atoms with E-state index in [9.17, 15) is 18.4 Å². The van der Waals surface area contributed by atoms with Crippen molar-refractivity contribution in [2.45, 2.75) is 12.8 Å². The molecule has 0 aliphatic heterocycles. The monoisotopic (exact) mass is 267 g/mol. The van der Waals surface area contributed by atoms with Gasteiger partial charge in [-0.3, -0.25) is 9.59 Å². The van der Waals surface area contributed by atoms with E-state index in [1.165, 1.54) is 26.2 Å².